The first-order chi connectivity index (χ1) is 15.7. The molecular weight excluding hydrogens is 396 g/mol. The third-order valence-electron chi connectivity index (χ3n) is 5.57. The van der Waals surface area contributed by atoms with Crippen molar-refractivity contribution in [1.82, 2.24) is 19.9 Å². The first kappa shape index (κ1) is 18.4. The maximum absolute atomic E-state index is 5.63. The third kappa shape index (κ3) is 3.40. The van der Waals surface area contributed by atoms with Crippen molar-refractivity contribution in [2.75, 3.05) is 7.11 Å². The Morgan fingerprint density at radius 2 is 1.19 bits per heavy atom. The van der Waals surface area contributed by atoms with Gasteiger partial charge in [-0.1, -0.05) is 18.2 Å². The second kappa shape index (κ2) is 7.39. The van der Waals surface area contributed by atoms with Crippen molar-refractivity contribution in [2.45, 2.75) is 0 Å². The second-order valence-corrected chi connectivity index (χ2v) is 7.79. The molecule has 0 aliphatic carbocycles. The lowest BCUT2D eigenvalue weighted by atomic mass is 10.1. The highest BCUT2D eigenvalue weighted by Gasteiger charge is 2.10. The molecule has 8 bridgehead atoms. The van der Waals surface area contributed by atoms with Gasteiger partial charge in [-0.3, -0.25) is 0 Å². The Morgan fingerprint density at radius 1 is 0.594 bits per heavy atom. The number of para-hydroxylation sites is 1. The highest BCUT2D eigenvalue weighted by atomic mass is 16.5. The molecule has 2 aliphatic heterocycles. The first-order valence-electron chi connectivity index (χ1n) is 10.5. The average Bonchev–Trinajstić information content (AvgIpc) is 3.59. The highest BCUT2D eigenvalue weighted by molar-refractivity contribution is 5.90. The number of aromatic amines is 2. The molecule has 32 heavy (non-hydrogen) atoms. The van der Waals surface area contributed by atoms with Crippen molar-refractivity contribution >= 4 is 46.4 Å². The Bertz CT molecular complexity index is 1570. The average molecular weight is 416 g/mol. The van der Waals surface area contributed by atoms with Crippen molar-refractivity contribution in [3.05, 3.63) is 89.5 Å². The lowest BCUT2D eigenvalue weighted by Crippen LogP contribution is -1.86. The molecule has 0 amide bonds. The Morgan fingerprint density at radius 3 is 1.84 bits per heavy atom. The van der Waals surface area contributed by atoms with Crippen LogP contribution in [0.25, 0.3) is 57.5 Å². The summed E-state index contributed by atoms with van der Waals surface area (Å²) in [5.74, 6) is 0.828. The van der Waals surface area contributed by atoms with Gasteiger partial charge in [-0.25, -0.2) is 9.97 Å². The van der Waals surface area contributed by atoms with Gasteiger partial charge in [0.2, 0.25) is 0 Å². The Labute approximate surface area is 184 Å². The van der Waals surface area contributed by atoms with Crippen molar-refractivity contribution in [3.8, 4) is 16.9 Å². The number of hydrogen-bond donors (Lipinski definition) is 2. The molecular formula is C27H20N4O. The summed E-state index contributed by atoms with van der Waals surface area (Å²) in [5.41, 5.74) is 9.63. The van der Waals surface area contributed by atoms with E-state index in [0.717, 1.165) is 61.7 Å². The van der Waals surface area contributed by atoms with E-state index in [4.69, 9.17) is 14.7 Å². The molecule has 0 unspecified atom stereocenters. The van der Waals surface area contributed by atoms with Gasteiger partial charge < -0.3 is 14.7 Å². The number of fused-ring (bicyclic) bond motifs is 8. The van der Waals surface area contributed by atoms with Gasteiger partial charge in [-0.2, -0.15) is 0 Å². The van der Waals surface area contributed by atoms with E-state index in [-0.39, 0.29) is 0 Å². The van der Waals surface area contributed by atoms with Gasteiger partial charge in [0, 0.05) is 33.2 Å². The topological polar surface area (TPSA) is 66.6 Å². The van der Waals surface area contributed by atoms with E-state index >= 15 is 0 Å². The molecule has 4 aromatic rings. The number of nitrogens with zero attached hydrogens (tertiary/aromatic N) is 2. The zero-order valence-corrected chi connectivity index (χ0v) is 17.5. The quantitative estimate of drug-likeness (QED) is 0.346. The van der Waals surface area contributed by atoms with E-state index < -0.39 is 0 Å². The SMILES string of the molecule is COc1ccccc1-c1cc2cc3nc(cc4ccc(cc5nc(cc1[nH]2)C=C5)[nH]4)C=C3. The highest BCUT2D eigenvalue weighted by Crippen LogP contribution is 2.34. The van der Waals surface area contributed by atoms with Gasteiger partial charge >= 0.3 is 0 Å². The van der Waals surface area contributed by atoms with Crippen LogP contribution in [0.1, 0.15) is 22.8 Å². The lowest BCUT2D eigenvalue weighted by molar-refractivity contribution is 0.416. The monoisotopic (exact) mass is 416 g/mol. The summed E-state index contributed by atoms with van der Waals surface area (Å²) in [6.45, 7) is 0. The van der Waals surface area contributed by atoms with E-state index in [1.165, 1.54) is 0 Å². The minimum Gasteiger partial charge on any atom is -0.496 e. The van der Waals surface area contributed by atoms with Gasteiger partial charge in [-0.05, 0) is 72.8 Å². The molecule has 0 atom stereocenters. The molecule has 1 aromatic carbocycles. The van der Waals surface area contributed by atoms with Gasteiger partial charge in [0.1, 0.15) is 5.75 Å². The van der Waals surface area contributed by atoms with E-state index in [1.807, 2.05) is 60.7 Å². The van der Waals surface area contributed by atoms with Crippen LogP contribution in [0, 0.1) is 0 Å². The summed E-state index contributed by atoms with van der Waals surface area (Å²) in [7, 11) is 1.70. The van der Waals surface area contributed by atoms with Crippen LogP contribution in [0.5, 0.6) is 5.75 Å². The summed E-state index contributed by atoms with van der Waals surface area (Å²) in [6.07, 6.45) is 8.10. The fourth-order valence-electron chi connectivity index (χ4n) is 4.11. The number of H-pyrrole nitrogens is 2. The predicted octanol–water partition coefficient (Wildman–Crippen LogP) is 6.33. The van der Waals surface area contributed by atoms with Gasteiger partial charge in [0.05, 0.1) is 29.9 Å². The van der Waals surface area contributed by atoms with Gasteiger partial charge in [0.15, 0.2) is 0 Å². The Kier molecular flexibility index (Phi) is 4.25. The number of ether oxygens (including phenoxy) is 1. The van der Waals surface area contributed by atoms with Crippen LogP contribution in [-0.4, -0.2) is 27.0 Å². The van der Waals surface area contributed by atoms with E-state index in [1.54, 1.807) is 7.11 Å². The standard InChI is InChI=1S/C27H20N4O/c1-32-27-5-3-2-4-24(27)25-15-23-14-21-9-8-19(29-21)12-17-6-7-18(28-17)13-20-10-11-22(30-20)16-26(25)31-23/h2-16,28,31H,1H3. The summed E-state index contributed by atoms with van der Waals surface area (Å²) in [6, 6.07) is 22.5. The minimum atomic E-state index is 0.828. The normalized spacial score (nSPS) is 12.3. The molecule has 0 radical (unpaired) electrons. The summed E-state index contributed by atoms with van der Waals surface area (Å²) >= 11 is 0. The molecule has 5 nitrogen and oxygen atoms in total. The molecule has 2 aliphatic rings. The van der Waals surface area contributed by atoms with Crippen molar-refractivity contribution in [2.24, 2.45) is 0 Å². The molecule has 6 rings (SSSR count). The van der Waals surface area contributed by atoms with Gasteiger partial charge in [-0.15, -0.1) is 0 Å². The smallest absolute Gasteiger partial charge is 0.126 e. The van der Waals surface area contributed by atoms with E-state index in [2.05, 4.69) is 40.3 Å². The maximum atomic E-state index is 5.63. The fraction of sp³-hybridized carbons (Fsp3) is 0.0370. The third-order valence-corrected chi connectivity index (χ3v) is 5.57. The van der Waals surface area contributed by atoms with Gasteiger partial charge in [0.25, 0.3) is 0 Å². The first-order valence-corrected chi connectivity index (χ1v) is 10.5. The summed E-state index contributed by atoms with van der Waals surface area (Å²) in [5, 5.41) is 0. The molecule has 0 saturated heterocycles. The largest absolute Gasteiger partial charge is 0.496 e. The molecule has 5 heteroatoms. The Balaban J connectivity index is 1.68. The number of methoxy groups -OCH3 is 1. The van der Waals surface area contributed by atoms with E-state index in [9.17, 15) is 0 Å². The lowest BCUT2D eigenvalue weighted by Gasteiger charge is -2.06. The molecule has 5 heterocycles. The molecule has 0 spiro atoms. The Hall–Kier alpha value is -4.38. The number of benzene rings is 1. The molecule has 0 saturated carbocycles. The summed E-state index contributed by atoms with van der Waals surface area (Å²) < 4.78 is 5.63. The predicted molar refractivity (Wildman–Crippen MR) is 131 cm³/mol. The zero-order chi connectivity index (χ0) is 21.5. The maximum Gasteiger partial charge on any atom is 0.126 e. The van der Waals surface area contributed by atoms with Crippen LogP contribution in [0.4, 0.5) is 0 Å². The van der Waals surface area contributed by atoms with Crippen LogP contribution in [-0.2, 0) is 0 Å². The van der Waals surface area contributed by atoms with Crippen LogP contribution >= 0.6 is 0 Å². The van der Waals surface area contributed by atoms with Crippen LogP contribution in [0.15, 0.2) is 66.7 Å². The molecule has 3 aromatic heterocycles. The van der Waals surface area contributed by atoms with Crippen LogP contribution in [0.3, 0.4) is 0 Å². The van der Waals surface area contributed by atoms with Crippen molar-refractivity contribution in [3.63, 3.8) is 0 Å². The van der Waals surface area contributed by atoms with E-state index in [0.29, 0.717) is 0 Å². The fourth-order valence-corrected chi connectivity index (χ4v) is 4.11. The molecule has 154 valence electrons. The summed E-state index contributed by atoms with van der Waals surface area (Å²) in [4.78, 5) is 16.5. The number of hydrogen-bond acceptors (Lipinski definition) is 3. The van der Waals surface area contributed by atoms with Crippen molar-refractivity contribution in [1.29, 1.82) is 0 Å². The number of nitrogens with one attached hydrogen (secondary N) is 2. The minimum absolute atomic E-state index is 0.828. The van der Waals surface area contributed by atoms with Crippen molar-refractivity contribution < 1.29 is 4.74 Å². The second-order valence-electron chi connectivity index (χ2n) is 7.79. The zero-order valence-electron chi connectivity index (χ0n) is 17.5. The molecule has 2 N–H and O–H groups in total. The molecule has 0 fully saturated rings. The van der Waals surface area contributed by atoms with Crippen LogP contribution < -0.4 is 4.74 Å². The number of aromatic nitrogens is 4. The number of rotatable bonds is 2. The van der Waals surface area contributed by atoms with Crippen LogP contribution in [0.2, 0.25) is 0 Å².